The smallest absolute Gasteiger partial charge is 0.160 e. The number of rotatable bonds is 4. The van der Waals surface area contributed by atoms with Crippen LogP contribution in [0.2, 0.25) is 5.02 Å². The van der Waals surface area contributed by atoms with Gasteiger partial charge in [0, 0.05) is 5.02 Å². The maximum atomic E-state index is 13.4. The van der Waals surface area contributed by atoms with Crippen LogP contribution in [0.15, 0.2) is 30.3 Å². The van der Waals surface area contributed by atoms with Crippen molar-refractivity contribution in [2.24, 2.45) is 5.73 Å². The average Bonchev–Trinajstić information content (AvgIpc) is 2.49. The van der Waals surface area contributed by atoms with E-state index >= 15 is 0 Å². The monoisotopic (exact) mass is 313 g/mol. The van der Waals surface area contributed by atoms with Crippen LogP contribution in [0.1, 0.15) is 17.2 Å². The van der Waals surface area contributed by atoms with Crippen molar-refractivity contribution < 1.29 is 18.3 Å². The van der Waals surface area contributed by atoms with Gasteiger partial charge in [0.1, 0.15) is 11.5 Å². The largest absolute Gasteiger partial charge is 0.496 e. The molecule has 1 atom stereocenters. The van der Waals surface area contributed by atoms with Gasteiger partial charge in [-0.05, 0) is 29.8 Å². The molecule has 0 saturated carbocycles. The highest BCUT2D eigenvalue weighted by atomic mass is 35.5. The molecule has 2 aromatic rings. The van der Waals surface area contributed by atoms with Crippen LogP contribution >= 0.6 is 11.6 Å². The normalized spacial score (nSPS) is 12.1. The molecule has 0 amide bonds. The molecule has 0 radical (unpaired) electrons. The minimum Gasteiger partial charge on any atom is -0.496 e. The van der Waals surface area contributed by atoms with Crippen molar-refractivity contribution in [2.45, 2.75) is 6.04 Å². The summed E-state index contributed by atoms with van der Waals surface area (Å²) < 4.78 is 37.1. The molecule has 2 aromatic carbocycles. The predicted molar refractivity (Wildman–Crippen MR) is 76.9 cm³/mol. The van der Waals surface area contributed by atoms with Gasteiger partial charge in [-0.3, -0.25) is 0 Å². The first-order chi connectivity index (χ1) is 9.99. The van der Waals surface area contributed by atoms with Gasteiger partial charge in [0.05, 0.1) is 25.8 Å². The Labute approximate surface area is 126 Å². The maximum Gasteiger partial charge on any atom is 0.160 e. The number of hydrogen-bond acceptors (Lipinski definition) is 3. The molecular weight excluding hydrogens is 300 g/mol. The van der Waals surface area contributed by atoms with Gasteiger partial charge in [0.15, 0.2) is 11.6 Å². The Kier molecular flexibility index (Phi) is 4.65. The van der Waals surface area contributed by atoms with E-state index in [1.54, 1.807) is 18.2 Å². The Balaban J connectivity index is 2.59. The zero-order chi connectivity index (χ0) is 15.6. The lowest BCUT2D eigenvalue weighted by Gasteiger charge is -2.20. The first-order valence-electron chi connectivity index (χ1n) is 6.10. The highest BCUT2D eigenvalue weighted by Crippen LogP contribution is 2.38. The van der Waals surface area contributed by atoms with E-state index < -0.39 is 17.7 Å². The van der Waals surface area contributed by atoms with Crippen molar-refractivity contribution in [2.75, 3.05) is 14.2 Å². The van der Waals surface area contributed by atoms with E-state index in [1.807, 2.05) is 0 Å². The second-order valence-electron chi connectivity index (χ2n) is 4.34. The Morgan fingerprint density at radius 1 is 1.05 bits per heavy atom. The third-order valence-corrected chi connectivity index (χ3v) is 3.48. The number of benzene rings is 2. The Morgan fingerprint density at radius 2 is 1.57 bits per heavy atom. The lowest BCUT2D eigenvalue weighted by Crippen LogP contribution is -2.15. The van der Waals surface area contributed by atoms with Gasteiger partial charge in [-0.25, -0.2) is 8.78 Å². The Morgan fingerprint density at radius 3 is 2.10 bits per heavy atom. The number of halogens is 3. The predicted octanol–water partition coefficient (Wildman–Crippen LogP) is 3.68. The van der Waals surface area contributed by atoms with E-state index in [1.165, 1.54) is 14.2 Å². The highest BCUT2D eigenvalue weighted by molar-refractivity contribution is 6.31. The molecule has 0 aromatic heterocycles. The quantitative estimate of drug-likeness (QED) is 0.876. The summed E-state index contributed by atoms with van der Waals surface area (Å²) in [5.41, 5.74) is 6.91. The molecule has 21 heavy (non-hydrogen) atoms. The van der Waals surface area contributed by atoms with Crippen LogP contribution in [0, 0.1) is 11.6 Å². The molecule has 6 heteroatoms. The van der Waals surface area contributed by atoms with Crippen LogP contribution in [0.3, 0.4) is 0 Å². The van der Waals surface area contributed by atoms with Gasteiger partial charge in [0.25, 0.3) is 0 Å². The zero-order valence-electron chi connectivity index (χ0n) is 11.5. The first-order valence-corrected chi connectivity index (χ1v) is 6.48. The van der Waals surface area contributed by atoms with Crippen molar-refractivity contribution in [3.05, 3.63) is 58.1 Å². The van der Waals surface area contributed by atoms with Crippen LogP contribution in [0.4, 0.5) is 8.78 Å². The molecule has 2 rings (SSSR count). The molecule has 0 aliphatic rings. The standard InChI is InChI=1S/C15H14ClF2NO2/c1-20-12-4-3-5-13(21-2)14(12)15(19)8-6-10(17)11(18)7-9(8)16/h3-7,15H,19H2,1-2H3. The van der Waals surface area contributed by atoms with E-state index in [0.717, 1.165) is 12.1 Å². The lowest BCUT2D eigenvalue weighted by molar-refractivity contribution is 0.382. The highest BCUT2D eigenvalue weighted by Gasteiger charge is 2.22. The maximum absolute atomic E-state index is 13.4. The van der Waals surface area contributed by atoms with E-state index in [0.29, 0.717) is 17.1 Å². The molecule has 0 heterocycles. The van der Waals surface area contributed by atoms with Crippen LogP contribution in [-0.2, 0) is 0 Å². The number of hydrogen-bond donors (Lipinski definition) is 1. The van der Waals surface area contributed by atoms with Crippen molar-refractivity contribution in [3.63, 3.8) is 0 Å². The molecule has 1 unspecified atom stereocenters. The summed E-state index contributed by atoms with van der Waals surface area (Å²) in [6.45, 7) is 0. The van der Waals surface area contributed by atoms with E-state index in [9.17, 15) is 8.78 Å². The fourth-order valence-electron chi connectivity index (χ4n) is 2.12. The summed E-state index contributed by atoms with van der Waals surface area (Å²) in [4.78, 5) is 0. The molecule has 0 bridgehead atoms. The molecule has 0 saturated heterocycles. The van der Waals surface area contributed by atoms with Crippen LogP contribution in [0.25, 0.3) is 0 Å². The molecule has 0 aliphatic carbocycles. The van der Waals surface area contributed by atoms with Crippen LogP contribution in [-0.4, -0.2) is 14.2 Å². The molecule has 112 valence electrons. The van der Waals surface area contributed by atoms with Crippen molar-refractivity contribution in [3.8, 4) is 11.5 Å². The molecular formula is C15H14ClF2NO2. The second kappa shape index (κ2) is 6.28. The molecule has 2 N–H and O–H groups in total. The summed E-state index contributed by atoms with van der Waals surface area (Å²) in [7, 11) is 2.97. The van der Waals surface area contributed by atoms with Gasteiger partial charge in [-0.15, -0.1) is 0 Å². The summed E-state index contributed by atoms with van der Waals surface area (Å²) in [5.74, 6) is -1.09. The van der Waals surface area contributed by atoms with Gasteiger partial charge < -0.3 is 15.2 Å². The van der Waals surface area contributed by atoms with Gasteiger partial charge >= 0.3 is 0 Å². The van der Waals surface area contributed by atoms with Crippen molar-refractivity contribution >= 4 is 11.6 Å². The fraction of sp³-hybridized carbons (Fsp3) is 0.200. The number of ether oxygens (including phenoxy) is 2. The minimum absolute atomic E-state index is 0.0364. The Bertz CT molecular complexity index is 642. The average molecular weight is 314 g/mol. The van der Waals surface area contributed by atoms with Crippen molar-refractivity contribution in [1.82, 2.24) is 0 Å². The van der Waals surface area contributed by atoms with Gasteiger partial charge in [0.2, 0.25) is 0 Å². The first kappa shape index (κ1) is 15.5. The molecule has 0 aliphatic heterocycles. The third kappa shape index (κ3) is 2.94. The van der Waals surface area contributed by atoms with Crippen LogP contribution in [0.5, 0.6) is 11.5 Å². The summed E-state index contributed by atoms with van der Waals surface area (Å²) in [6.07, 6.45) is 0. The zero-order valence-corrected chi connectivity index (χ0v) is 12.2. The Hall–Kier alpha value is -1.85. The van der Waals surface area contributed by atoms with E-state index in [2.05, 4.69) is 0 Å². The van der Waals surface area contributed by atoms with Crippen molar-refractivity contribution in [1.29, 1.82) is 0 Å². The summed E-state index contributed by atoms with van der Waals surface area (Å²) >= 11 is 5.97. The number of methoxy groups -OCH3 is 2. The number of nitrogens with two attached hydrogens (primary N) is 1. The summed E-state index contributed by atoms with van der Waals surface area (Å²) in [6, 6.07) is 6.19. The molecule has 0 spiro atoms. The third-order valence-electron chi connectivity index (χ3n) is 3.15. The van der Waals surface area contributed by atoms with Crippen LogP contribution < -0.4 is 15.2 Å². The van der Waals surface area contributed by atoms with E-state index in [4.69, 9.17) is 26.8 Å². The SMILES string of the molecule is COc1cccc(OC)c1C(N)c1cc(F)c(F)cc1Cl. The molecule has 0 fully saturated rings. The summed E-state index contributed by atoms with van der Waals surface area (Å²) in [5, 5.41) is 0.0364. The topological polar surface area (TPSA) is 44.5 Å². The van der Waals surface area contributed by atoms with E-state index in [-0.39, 0.29) is 10.6 Å². The lowest BCUT2D eigenvalue weighted by atomic mass is 9.97. The van der Waals surface area contributed by atoms with Gasteiger partial charge in [-0.2, -0.15) is 0 Å². The second-order valence-corrected chi connectivity index (χ2v) is 4.75. The minimum atomic E-state index is -1.03. The fourth-order valence-corrected chi connectivity index (χ4v) is 2.39. The van der Waals surface area contributed by atoms with Gasteiger partial charge in [-0.1, -0.05) is 17.7 Å². The molecule has 3 nitrogen and oxygen atoms in total.